The van der Waals surface area contributed by atoms with E-state index < -0.39 is 0 Å². The van der Waals surface area contributed by atoms with Gasteiger partial charge in [0.15, 0.2) is 0 Å². The van der Waals surface area contributed by atoms with E-state index in [-0.39, 0.29) is 24.4 Å². The van der Waals surface area contributed by atoms with Crippen LogP contribution in [-0.4, -0.2) is 29.9 Å². The molecule has 2 rings (SSSR count). The minimum Gasteiger partial charge on any atom is -0.341 e. The third kappa shape index (κ3) is 3.72. The van der Waals surface area contributed by atoms with E-state index in [1.54, 1.807) is 0 Å². The molecule has 1 heterocycles. The van der Waals surface area contributed by atoms with Gasteiger partial charge in [0.05, 0.1) is 0 Å². The second kappa shape index (κ2) is 6.76. The van der Waals surface area contributed by atoms with Gasteiger partial charge in [0.25, 0.3) is 0 Å². The Morgan fingerprint density at radius 3 is 2.78 bits per heavy atom. The van der Waals surface area contributed by atoms with Gasteiger partial charge in [-0.2, -0.15) is 0 Å². The molecule has 0 unspecified atom stereocenters. The van der Waals surface area contributed by atoms with E-state index in [0.717, 1.165) is 25.9 Å². The lowest BCUT2D eigenvalue weighted by Crippen LogP contribution is -2.32. The van der Waals surface area contributed by atoms with Gasteiger partial charge in [0.2, 0.25) is 5.91 Å². The molecule has 4 heteroatoms. The number of carbonyl (C=O) groups is 1. The summed E-state index contributed by atoms with van der Waals surface area (Å²) in [7, 11) is 0. The number of hydrogen-bond acceptors (Lipinski definition) is 2. The highest BCUT2D eigenvalue weighted by Gasteiger charge is 2.22. The summed E-state index contributed by atoms with van der Waals surface area (Å²) in [6.45, 7) is 3.64. The highest BCUT2D eigenvalue weighted by atomic mass is 35.5. The third-order valence-corrected chi connectivity index (χ3v) is 3.45. The molecule has 1 aliphatic rings. The van der Waals surface area contributed by atoms with E-state index in [1.165, 1.54) is 11.1 Å². The maximum atomic E-state index is 11.9. The van der Waals surface area contributed by atoms with Crippen molar-refractivity contribution in [2.45, 2.75) is 32.2 Å². The highest BCUT2D eigenvalue weighted by molar-refractivity contribution is 5.85. The number of carbonyl (C=O) groups excluding carboxylic acids is 1. The zero-order valence-electron chi connectivity index (χ0n) is 10.8. The van der Waals surface area contributed by atoms with Crippen LogP contribution in [0.25, 0.3) is 0 Å². The fourth-order valence-electron chi connectivity index (χ4n) is 2.30. The molecule has 1 aromatic rings. The number of nitrogens with zero attached hydrogens (tertiary/aromatic N) is 1. The Morgan fingerprint density at radius 1 is 1.44 bits per heavy atom. The van der Waals surface area contributed by atoms with E-state index in [4.69, 9.17) is 5.73 Å². The van der Waals surface area contributed by atoms with Crippen LogP contribution < -0.4 is 5.73 Å². The van der Waals surface area contributed by atoms with Gasteiger partial charge in [-0.1, -0.05) is 24.3 Å². The van der Waals surface area contributed by atoms with Crippen LogP contribution in [0.3, 0.4) is 0 Å². The first-order chi connectivity index (χ1) is 8.16. The van der Waals surface area contributed by atoms with Crippen molar-refractivity contribution in [1.29, 1.82) is 0 Å². The molecule has 18 heavy (non-hydrogen) atoms. The van der Waals surface area contributed by atoms with Crippen molar-refractivity contribution in [1.82, 2.24) is 4.90 Å². The number of likely N-dealkylation sites (tertiary alicyclic amines) is 1. The molecule has 100 valence electrons. The highest BCUT2D eigenvalue weighted by Crippen LogP contribution is 2.13. The summed E-state index contributed by atoms with van der Waals surface area (Å²) in [6, 6.07) is 8.42. The molecule has 1 fully saturated rings. The average Bonchev–Trinajstić information content (AvgIpc) is 2.74. The fraction of sp³-hybridized carbons (Fsp3) is 0.500. The zero-order valence-corrected chi connectivity index (χ0v) is 11.6. The SMILES string of the molecule is Cc1ccccc1CCC(=O)N1CC[C@@H](N)C1.Cl. The summed E-state index contributed by atoms with van der Waals surface area (Å²) >= 11 is 0. The van der Waals surface area contributed by atoms with Gasteiger partial charge >= 0.3 is 0 Å². The van der Waals surface area contributed by atoms with Crippen LogP contribution in [0, 0.1) is 6.92 Å². The monoisotopic (exact) mass is 268 g/mol. The molecule has 1 amide bonds. The van der Waals surface area contributed by atoms with Crippen LogP contribution in [0.2, 0.25) is 0 Å². The molecule has 0 bridgehead atoms. The van der Waals surface area contributed by atoms with Gasteiger partial charge < -0.3 is 10.6 Å². The number of benzene rings is 1. The first-order valence-corrected chi connectivity index (χ1v) is 6.24. The van der Waals surface area contributed by atoms with Crippen molar-refractivity contribution in [2.75, 3.05) is 13.1 Å². The summed E-state index contributed by atoms with van der Waals surface area (Å²) in [5, 5.41) is 0. The van der Waals surface area contributed by atoms with Crippen LogP contribution in [0.5, 0.6) is 0 Å². The van der Waals surface area contributed by atoms with E-state index >= 15 is 0 Å². The van der Waals surface area contributed by atoms with Crippen LogP contribution in [0.15, 0.2) is 24.3 Å². The van der Waals surface area contributed by atoms with Gasteiger partial charge in [0, 0.05) is 25.6 Å². The molecule has 1 aromatic carbocycles. The van der Waals surface area contributed by atoms with E-state index in [9.17, 15) is 4.79 Å². The molecule has 3 nitrogen and oxygen atoms in total. The van der Waals surface area contributed by atoms with Gasteiger partial charge in [0.1, 0.15) is 0 Å². The third-order valence-electron chi connectivity index (χ3n) is 3.45. The normalized spacial score (nSPS) is 18.6. The zero-order chi connectivity index (χ0) is 12.3. The van der Waals surface area contributed by atoms with Crippen molar-refractivity contribution in [3.8, 4) is 0 Å². The lowest BCUT2D eigenvalue weighted by molar-refractivity contribution is -0.130. The summed E-state index contributed by atoms with van der Waals surface area (Å²) < 4.78 is 0. The Kier molecular flexibility index (Phi) is 5.63. The fourth-order valence-corrected chi connectivity index (χ4v) is 2.30. The van der Waals surface area contributed by atoms with Crippen LogP contribution in [-0.2, 0) is 11.2 Å². The summed E-state index contributed by atoms with van der Waals surface area (Å²) in [5.41, 5.74) is 8.33. The van der Waals surface area contributed by atoms with Gasteiger partial charge in [-0.3, -0.25) is 4.79 Å². The Morgan fingerprint density at radius 2 is 2.17 bits per heavy atom. The number of halogens is 1. The molecular weight excluding hydrogens is 248 g/mol. The molecule has 0 spiro atoms. The number of amides is 1. The molecule has 1 aliphatic heterocycles. The summed E-state index contributed by atoms with van der Waals surface area (Å²) in [5.74, 6) is 0.237. The van der Waals surface area contributed by atoms with Crippen molar-refractivity contribution in [3.63, 3.8) is 0 Å². The molecule has 1 atom stereocenters. The number of aryl methyl sites for hydroxylation is 2. The van der Waals surface area contributed by atoms with E-state index in [0.29, 0.717) is 6.42 Å². The Labute approximate surface area is 115 Å². The number of hydrogen-bond donors (Lipinski definition) is 1. The van der Waals surface area contributed by atoms with Gasteiger partial charge in [-0.25, -0.2) is 0 Å². The molecule has 0 aliphatic carbocycles. The van der Waals surface area contributed by atoms with Crippen LogP contribution >= 0.6 is 12.4 Å². The second-order valence-corrected chi connectivity index (χ2v) is 4.81. The standard InChI is InChI=1S/C14H20N2O.ClH/c1-11-4-2-3-5-12(11)6-7-14(17)16-9-8-13(15)10-16;/h2-5,13H,6-10,15H2,1H3;1H/t13-;/m1./s1. The van der Waals surface area contributed by atoms with Crippen molar-refractivity contribution >= 4 is 18.3 Å². The van der Waals surface area contributed by atoms with Crippen LogP contribution in [0.1, 0.15) is 24.0 Å². The van der Waals surface area contributed by atoms with Gasteiger partial charge in [-0.15, -0.1) is 12.4 Å². The molecular formula is C14H21ClN2O. The lowest BCUT2D eigenvalue weighted by Gasteiger charge is -2.15. The van der Waals surface area contributed by atoms with Crippen LogP contribution in [0.4, 0.5) is 0 Å². The topological polar surface area (TPSA) is 46.3 Å². The molecule has 0 aromatic heterocycles. The molecule has 0 radical (unpaired) electrons. The quantitative estimate of drug-likeness (QED) is 0.910. The first kappa shape index (κ1) is 15.0. The maximum Gasteiger partial charge on any atom is 0.222 e. The molecule has 0 saturated carbocycles. The number of nitrogens with two attached hydrogens (primary N) is 1. The summed E-state index contributed by atoms with van der Waals surface area (Å²) in [6.07, 6.45) is 2.37. The second-order valence-electron chi connectivity index (χ2n) is 4.81. The Bertz CT molecular complexity index is 409. The van der Waals surface area contributed by atoms with Crippen molar-refractivity contribution < 1.29 is 4.79 Å². The molecule has 2 N–H and O–H groups in total. The van der Waals surface area contributed by atoms with E-state index in [2.05, 4.69) is 19.1 Å². The van der Waals surface area contributed by atoms with Gasteiger partial charge in [-0.05, 0) is 30.9 Å². The predicted molar refractivity (Wildman–Crippen MR) is 75.9 cm³/mol. The minimum atomic E-state index is 0. The van der Waals surface area contributed by atoms with E-state index in [1.807, 2.05) is 17.0 Å². The first-order valence-electron chi connectivity index (χ1n) is 6.24. The smallest absolute Gasteiger partial charge is 0.222 e. The summed E-state index contributed by atoms with van der Waals surface area (Å²) in [4.78, 5) is 13.8. The lowest BCUT2D eigenvalue weighted by atomic mass is 10.0. The Balaban J connectivity index is 0.00000162. The average molecular weight is 269 g/mol. The van der Waals surface area contributed by atoms with Crippen molar-refractivity contribution in [3.05, 3.63) is 35.4 Å². The Hall–Kier alpha value is -1.06. The maximum absolute atomic E-state index is 11.9. The minimum absolute atomic E-state index is 0. The predicted octanol–water partition coefficient (Wildman–Crippen LogP) is 1.91. The largest absolute Gasteiger partial charge is 0.341 e. The number of rotatable bonds is 3. The molecule has 1 saturated heterocycles. The van der Waals surface area contributed by atoms with Crippen molar-refractivity contribution in [2.24, 2.45) is 5.73 Å².